The van der Waals surface area contributed by atoms with Crippen LogP contribution < -0.4 is 9.79 Å². The van der Waals surface area contributed by atoms with Gasteiger partial charge in [-0.15, -0.1) is 0 Å². The zero-order valence-corrected chi connectivity index (χ0v) is 14.3. The predicted molar refractivity (Wildman–Crippen MR) is 86.4 cm³/mol. The summed E-state index contributed by atoms with van der Waals surface area (Å²) in [6, 6.07) is 0. The van der Waals surface area contributed by atoms with Crippen molar-refractivity contribution in [1.29, 1.82) is 0 Å². The van der Waals surface area contributed by atoms with Crippen LogP contribution in [-0.4, -0.2) is 6.16 Å². The van der Waals surface area contributed by atoms with E-state index in [1.54, 1.807) is 0 Å². The maximum atomic E-state index is 10.4. The molecule has 0 radical (unpaired) electrons. The third kappa shape index (κ3) is 14.0. The highest BCUT2D eigenvalue weighted by Gasteiger charge is 1.92. The Morgan fingerprint density at radius 3 is 1.80 bits per heavy atom. The van der Waals surface area contributed by atoms with Gasteiger partial charge in [0, 0.05) is 0 Å². The standard InChI is InChI=1S/C17H29O2P/c1-15(2)9-7-11-17(4)13-8-12-16(3)10-5-6-14-20(18)19/h9-10,13H,5-8,11-12,14H2,1-4H3/q-2/b16-10+,17-13+. The summed E-state index contributed by atoms with van der Waals surface area (Å²) in [4.78, 5) is 20.8. The normalized spacial score (nSPS) is 12.9. The van der Waals surface area contributed by atoms with Crippen LogP contribution in [-0.2, 0) is 0 Å². The fourth-order valence-corrected chi connectivity index (χ4v) is 2.35. The van der Waals surface area contributed by atoms with Crippen LogP contribution in [0.5, 0.6) is 0 Å². The highest BCUT2D eigenvalue weighted by molar-refractivity contribution is 7.41. The molecular formula is C17H29O2P-2. The summed E-state index contributed by atoms with van der Waals surface area (Å²) in [5.74, 6) is 0. The van der Waals surface area contributed by atoms with E-state index >= 15 is 0 Å². The first kappa shape index (κ1) is 19.6. The Balaban J connectivity index is 3.79. The molecule has 0 saturated heterocycles. The van der Waals surface area contributed by atoms with E-state index in [1.165, 1.54) is 16.7 Å². The fourth-order valence-electron chi connectivity index (χ4n) is 1.91. The van der Waals surface area contributed by atoms with Crippen molar-refractivity contribution in [1.82, 2.24) is 0 Å². The molecule has 0 N–H and O–H groups in total. The second-order valence-corrected chi connectivity index (χ2v) is 6.77. The minimum absolute atomic E-state index is 0.308. The van der Waals surface area contributed by atoms with Crippen LogP contribution in [0.3, 0.4) is 0 Å². The molecule has 0 aromatic carbocycles. The average molecular weight is 296 g/mol. The van der Waals surface area contributed by atoms with Crippen molar-refractivity contribution >= 4 is 8.38 Å². The maximum absolute atomic E-state index is 10.4. The molecule has 20 heavy (non-hydrogen) atoms. The smallest absolute Gasteiger partial charge is 0.0288 e. The van der Waals surface area contributed by atoms with Crippen molar-refractivity contribution in [3.05, 3.63) is 34.9 Å². The van der Waals surface area contributed by atoms with Gasteiger partial charge in [0.2, 0.25) is 0 Å². The first-order valence-corrected chi connectivity index (χ1v) is 8.84. The lowest BCUT2D eigenvalue weighted by Crippen LogP contribution is -2.10. The molecule has 0 unspecified atom stereocenters. The molecule has 0 fully saturated rings. The molecule has 0 amide bonds. The van der Waals surface area contributed by atoms with Crippen molar-refractivity contribution in [2.45, 2.75) is 66.2 Å². The number of allylic oxidation sites excluding steroid dienone is 6. The van der Waals surface area contributed by atoms with Gasteiger partial charge in [0.15, 0.2) is 0 Å². The molecule has 3 heteroatoms. The molecule has 0 aliphatic heterocycles. The molecule has 0 saturated carbocycles. The summed E-state index contributed by atoms with van der Waals surface area (Å²) < 4.78 is 0. The van der Waals surface area contributed by atoms with Crippen LogP contribution in [0.25, 0.3) is 0 Å². The van der Waals surface area contributed by atoms with Crippen LogP contribution >= 0.6 is 8.38 Å². The summed E-state index contributed by atoms with van der Waals surface area (Å²) in [5.41, 5.74) is 4.20. The van der Waals surface area contributed by atoms with Gasteiger partial charge in [-0.2, -0.15) is 0 Å². The Morgan fingerprint density at radius 2 is 1.30 bits per heavy atom. The highest BCUT2D eigenvalue weighted by Crippen LogP contribution is 2.15. The van der Waals surface area contributed by atoms with E-state index in [9.17, 15) is 9.79 Å². The minimum Gasteiger partial charge on any atom is -0.842 e. The van der Waals surface area contributed by atoms with Crippen LogP contribution in [0.1, 0.15) is 66.2 Å². The molecule has 116 valence electrons. The largest absolute Gasteiger partial charge is 0.842 e. The first-order valence-electron chi connectivity index (χ1n) is 7.48. The van der Waals surface area contributed by atoms with Gasteiger partial charge in [-0.05, 0) is 66.2 Å². The van der Waals surface area contributed by atoms with Crippen molar-refractivity contribution in [3.63, 3.8) is 0 Å². The molecule has 0 aliphatic rings. The Morgan fingerprint density at radius 1 is 0.800 bits per heavy atom. The Kier molecular flexibility index (Phi) is 12.1. The lowest BCUT2D eigenvalue weighted by molar-refractivity contribution is -0.292. The Labute approximate surface area is 126 Å². The van der Waals surface area contributed by atoms with Gasteiger partial charge in [-0.1, -0.05) is 41.1 Å². The van der Waals surface area contributed by atoms with E-state index in [2.05, 4.69) is 45.9 Å². The summed E-state index contributed by atoms with van der Waals surface area (Å²) in [6.45, 7) is 8.60. The van der Waals surface area contributed by atoms with Crippen molar-refractivity contribution in [3.8, 4) is 0 Å². The second kappa shape index (κ2) is 12.3. The number of hydrogen-bond acceptors (Lipinski definition) is 2. The Hall–Kier alpha value is -0.430. The third-order valence-corrected chi connectivity index (χ3v) is 3.84. The zero-order chi connectivity index (χ0) is 15.4. The van der Waals surface area contributed by atoms with Gasteiger partial charge in [-0.3, -0.25) is 0 Å². The van der Waals surface area contributed by atoms with Crippen LogP contribution in [0.15, 0.2) is 34.9 Å². The van der Waals surface area contributed by atoms with Gasteiger partial charge in [0.05, 0.1) is 0 Å². The van der Waals surface area contributed by atoms with Gasteiger partial charge in [0.1, 0.15) is 0 Å². The molecular weight excluding hydrogens is 267 g/mol. The zero-order valence-electron chi connectivity index (χ0n) is 13.4. The lowest BCUT2D eigenvalue weighted by Gasteiger charge is -2.30. The average Bonchev–Trinajstić information content (AvgIpc) is 2.34. The first-order chi connectivity index (χ1) is 9.41. The lowest BCUT2D eigenvalue weighted by atomic mass is 10.1. The maximum Gasteiger partial charge on any atom is -0.0288 e. The number of rotatable bonds is 10. The minimum atomic E-state index is -2.21. The molecule has 0 atom stereocenters. The predicted octanol–water partition coefficient (Wildman–Crippen LogP) is 4.22. The van der Waals surface area contributed by atoms with Crippen molar-refractivity contribution < 1.29 is 9.79 Å². The topological polar surface area (TPSA) is 46.1 Å². The molecule has 0 rings (SSSR count). The third-order valence-electron chi connectivity index (χ3n) is 3.16. The molecule has 0 aromatic heterocycles. The van der Waals surface area contributed by atoms with E-state index in [0.717, 1.165) is 38.5 Å². The number of hydrogen-bond donors (Lipinski definition) is 0. The molecule has 2 nitrogen and oxygen atoms in total. The van der Waals surface area contributed by atoms with Gasteiger partial charge in [-0.25, -0.2) is 0 Å². The van der Waals surface area contributed by atoms with E-state index in [1.807, 2.05) is 0 Å². The van der Waals surface area contributed by atoms with Crippen LogP contribution in [0, 0.1) is 0 Å². The van der Waals surface area contributed by atoms with Gasteiger partial charge in [0.25, 0.3) is 0 Å². The summed E-state index contributed by atoms with van der Waals surface area (Å²) in [5, 5.41) is 0. The van der Waals surface area contributed by atoms with E-state index in [4.69, 9.17) is 0 Å². The second-order valence-electron chi connectivity index (χ2n) is 5.66. The highest BCUT2D eigenvalue weighted by atomic mass is 31.2. The van der Waals surface area contributed by atoms with Gasteiger partial charge < -0.3 is 18.2 Å². The van der Waals surface area contributed by atoms with E-state index in [-0.39, 0.29) is 0 Å². The van der Waals surface area contributed by atoms with E-state index in [0.29, 0.717) is 6.16 Å². The molecule has 0 spiro atoms. The van der Waals surface area contributed by atoms with Crippen LogP contribution in [0.4, 0.5) is 0 Å². The quantitative estimate of drug-likeness (QED) is 0.344. The molecule has 0 aromatic rings. The number of unbranched alkanes of at least 4 members (excludes halogenated alkanes) is 1. The van der Waals surface area contributed by atoms with Crippen molar-refractivity contribution in [2.75, 3.05) is 6.16 Å². The SMILES string of the molecule is CC(C)=CCC/C(C)=C/CC/C(C)=C/CCCP([O-])[O-]. The van der Waals surface area contributed by atoms with E-state index < -0.39 is 8.38 Å². The van der Waals surface area contributed by atoms with Gasteiger partial charge >= 0.3 is 0 Å². The van der Waals surface area contributed by atoms with Crippen molar-refractivity contribution in [2.24, 2.45) is 0 Å². The fraction of sp³-hybridized carbons (Fsp3) is 0.647. The molecule has 0 aliphatic carbocycles. The summed E-state index contributed by atoms with van der Waals surface area (Å²) in [7, 11) is -2.21. The Bertz CT molecular complexity index is 337. The molecule has 0 bridgehead atoms. The summed E-state index contributed by atoms with van der Waals surface area (Å²) >= 11 is 0. The monoisotopic (exact) mass is 296 g/mol. The van der Waals surface area contributed by atoms with Crippen LogP contribution in [0.2, 0.25) is 0 Å². The molecule has 0 heterocycles. The summed E-state index contributed by atoms with van der Waals surface area (Å²) in [6.07, 6.45) is 13.1.